The molecule has 20 heavy (non-hydrogen) atoms. The molecule has 1 fully saturated rings. The molecule has 1 aromatic rings. The predicted molar refractivity (Wildman–Crippen MR) is 82.0 cm³/mol. The van der Waals surface area contributed by atoms with Crippen LogP contribution in [-0.4, -0.2) is 30.9 Å². The molecule has 6 heteroatoms. The zero-order valence-electron chi connectivity index (χ0n) is 11.6. The Kier molecular flexibility index (Phi) is 5.23. The van der Waals surface area contributed by atoms with E-state index < -0.39 is 10.0 Å². The number of nitrogens with zero attached hydrogens (tertiary/aromatic N) is 1. The third kappa shape index (κ3) is 3.24. The van der Waals surface area contributed by atoms with Crippen LogP contribution in [0.2, 0.25) is 0 Å². The van der Waals surface area contributed by atoms with E-state index in [9.17, 15) is 13.5 Å². The van der Waals surface area contributed by atoms with Crippen LogP contribution in [0.1, 0.15) is 36.8 Å². The van der Waals surface area contributed by atoms with Crippen LogP contribution in [-0.2, 0) is 16.6 Å². The van der Waals surface area contributed by atoms with Gasteiger partial charge < -0.3 is 5.11 Å². The van der Waals surface area contributed by atoms with Crippen molar-refractivity contribution in [1.82, 2.24) is 4.31 Å². The van der Waals surface area contributed by atoms with Gasteiger partial charge in [0.2, 0.25) is 10.0 Å². The third-order valence-corrected chi connectivity index (χ3v) is 6.57. The Balaban J connectivity index is 2.45. The van der Waals surface area contributed by atoms with Crippen LogP contribution in [0.4, 0.5) is 0 Å². The van der Waals surface area contributed by atoms with E-state index in [1.807, 2.05) is 0 Å². The highest BCUT2D eigenvalue weighted by Crippen LogP contribution is 2.29. The fraction of sp³-hybridized carbons (Fsp3) is 0.571. The van der Waals surface area contributed by atoms with Gasteiger partial charge in [0.1, 0.15) is 0 Å². The molecular weight excluding hydrogens is 342 g/mol. The van der Waals surface area contributed by atoms with Crippen molar-refractivity contribution in [1.29, 1.82) is 0 Å². The van der Waals surface area contributed by atoms with Gasteiger partial charge in [-0.1, -0.05) is 28.8 Å². The van der Waals surface area contributed by atoms with E-state index in [0.717, 1.165) is 30.2 Å². The molecule has 1 saturated heterocycles. The van der Waals surface area contributed by atoms with Crippen molar-refractivity contribution >= 4 is 26.0 Å². The molecule has 0 amide bonds. The highest BCUT2D eigenvalue weighted by molar-refractivity contribution is 9.10. The molecule has 0 radical (unpaired) electrons. The van der Waals surface area contributed by atoms with Gasteiger partial charge in [-0.3, -0.25) is 0 Å². The molecule has 0 atom stereocenters. The minimum Gasteiger partial charge on any atom is -0.392 e. The summed E-state index contributed by atoms with van der Waals surface area (Å²) in [5.74, 6) is 0. The van der Waals surface area contributed by atoms with Crippen LogP contribution in [0.15, 0.2) is 21.5 Å². The van der Waals surface area contributed by atoms with Crippen LogP contribution >= 0.6 is 15.9 Å². The lowest BCUT2D eigenvalue weighted by atomic mass is 10.2. The topological polar surface area (TPSA) is 57.6 Å². The summed E-state index contributed by atoms with van der Waals surface area (Å²) in [7, 11) is -3.48. The average molecular weight is 362 g/mol. The van der Waals surface area contributed by atoms with Gasteiger partial charge in [0.25, 0.3) is 0 Å². The summed E-state index contributed by atoms with van der Waals surface area (Å²) in [6.07, 6.45) is 4.01. The second-order valence-electron chi connectivity index (χ2n) is 5.18. The normalized spacial score (nSPS) is 17.9. The molecule has 0 spiro atoms. The lowest BCUT2D eigenvalue weighted by molar-refractivity contribution is 0.281. The maximum absolute atomic E-state index is 12.8. The highest BCUT2D eigenvalue weighted by atomic mass is 79.9. The molecule has 1 aromatic carbocycles. The largest absolute Gasteiger partial charge is 0.392 e. The average Bonchev–Trinajstić information content (AvgIpc) is 2.70. The van der Waals surface area contributed by atoms with E-state index >= 15 is 0 Å². The predicted octanol–water partition coefficient (Wildman–Crippen LogP) is 2.81. The molecule has 112 valence electrons. The Hall–Kier alpha value is -0.430. The van der Waals surface area contributed by atoms with Crippen molar-refractivity contribution < 1.29 is 13.5 Å². The SMILES string of the molecule is Cc1c(Br)cc(CO)cc1S(=O)(=O)N1CCCCCC1. The number of benzene rings is 1. The van der Waals surface area contributed by atoms with E-state index in [1.165, 1.54) is 0 Å². The van der Waals surface area contributed by atoms with Gasteiger partial charge >= 0.3 is 0 Å². The van der Waals surface area contributed by atoms with Gasteiger partial charge in [0.05, 0.1) is 11.5 Å². The van der Waals surface area contributed by atoms with Gasteiger partial charge in [-0.15, -0.1) is 0 Å². The van der Waals surface area contributed by atoms with E-state index in [4.69, 9.17) is 0 Å². The quantitative estimate of drug-likeness (QED) is 0.900. The minimum absolute atomic E-state index is 0.165. The number of sulfonamides is 1. The molecule has 0 saturated carbocycles. The van der Waals surface area contributed by atoms with E-state index in [2.05, 4.69) is 15.9 Å². The molecular formula is C14H20BrNO3S. The van der Waals surface area contributed by atoms with Gasteiger partial charge in [-0.05, 0) is 43.0 Å². The number of hydrogen-bond acceptors (Lipinski definition) is 3. The fourth-order valence-corrected chi connectivity index (χ4v) is 4.94. The number of halogens is 1. The Morgan fingerprint density at radius 3 is 2.35 bits per heavy atom. The monoisotopic (exact) mass is 361 g/mol. The summed E-state index contributed by atoms with van der Waals surface area (Å²) in [4.78, 5) is 0.304. The lowest BCUT2D eigenvalue weighted by Gasteiger charge is -2.22. The van der Waals surface area contributed by atoms with Gasteiger partial charge in [0, 0.05) is 17.6 Å². The molecule has 1 N–H and O–H groups in total. The molecule has 1 aliphatic heterocycles. The summed E-state index contributed by atoms with van der Waals surface area (Å²) in [5.41, 5.74) is 1.31. The zero-order chi connectivity index (χ0) is 14.8. The second-order valence-corrected chi connectivity index (χ2v) is 7.94. The highest BCUT2D eigenvalue weighted by Gasteiger charge is 2.27. The van der Waals surface area contributed by atoms with Crippen molar-refractivity contribution in [3.63, 3.8) is 0 Å². The lowest BCUT2D eigenvalue weighted by Crippen LogP contribution is -2.32. The Bertz CT molecular complexity index is 578. The van der Waals surface area contributed by atoms with E-state index in [0.29, 0.717) is 29.1 Å². The smallest absolute Gasteiger partial charge is 0.243 e. The van der Waals surface area contributed by atoms with Crippen molar-refractivity contribution in [2.75, 3.05) is 13.1 Å². The summed E-state index contributed by atoms with van der Waals surface area (Å²) < 4.78 is 27.9. The molecule has 4 nitrogen and oxygen atoms in total. The van der Waals surface area contributed by atoms with Crippen molar-refractivity contribution in [2.24, 2.45) is 0 Å². The van der Waals surface area contributed by atoms with E-state index in [-0.39, 0.29) is 6.61 Å². The summed E-state index contributed by atoms with van der Waals surface area (Å²) in [6.45, 7) is 2.79. The molecule has 1 aliphatic rings. The van der Waals surface area contributed by atoms with Gasteiger partial charge in [-0.2, -0.15) is 4.31 Å². The first kappa shape index (κ1) is 15.9. The fourth-order valence-electron chi connectivity index (χ4n) is 2.49. The summed E-state index contributed by atoms with van der Waals surface area (Å²) >= 11 is 3.38. The Labute approximate surface area is 129 Å². The third-order valence-electron chi connectivity index (χ3n) is 3.72. The number of aliphatic hydroxyl groups excluding tert-OH is 1. The Morgan fingerprint density at radius 1 is 1.20 bits per heavy atom. The van der Waals surface area contributed by atoms with Crippen LogP contribution in [0, 0.1) is 6.92 Å². The standard InChI is InChI=1S/C14H20BrNO3S/c1-11-13(15)8-12(10-17)9-14(11)20(18,19)16-6-4-2-3-5-7-16/h8-9,17H,2-7,10H2,1H3. The molecule has 0 bridgehead atoms. The Morgan fingerprint density at radius 2 is 1.80 bits per heavy atom. The summed E-state index contributed by atoms with van der Waals surface area (Å²) in [6, 6.07) is 3.34. The van der Waals surface area contributed by atoms with Gasteiger partial charge in [-0.25, -0.2) is 8.42 Å². The zero-order valence-corrected chi connectivity index (χ0v) is 14.0. The molecule has 0 aromatic heterocycles. The molecule has 2 rings (SSSR count). The van der Waals surface area contributed by atoms with Crippen LogP contribution in [0.25, 0.3) is 0 Å². The minimum atomic E-state index is -3.48. The van der Waals surface area contributed by atoms with Gasteiger partial charge in [0.15, 0.2) is 0 Å². The maximum atomic E-state index is 12.8. The molecule has 0 aliphatic carbocycles. The van der Waals surface area contributed by atoms with Crippen LogP contribution in [0.5, 0.6) is 0 Å². The summed E-state index contributed by atoms with van der Waals surface area (Å²) in [5, 5.41) is 9.27. The first-order chi connectivity index (χ1) is 9.46. The van der Waals surface area contributed by atoms with Crippen molar-refractivity contribution in [3.8, 4) is 0 Å². The first-order valence-corrected chi connectivity index (χ1v) is 9.10. The second kappa shape index (κ2) is 6.56. The number of hydrogen-bond donors (Lipinski definition) is 1. The van der Waals surface area contributed by atoms with Crippen LogP contribution in [0.3, 0.4) is 0 Å². The van der Waals surface area contributed by atoms with E-state index in [1.54, 1.807) is 23.4 Å². The number of rotatable bonds is 3. The van der Waals surface area contributed by atoms with Crippen molar-refractivity contribution in [2.45, 2.75) is 44.1 Å². The molecule has 1 heterocycles. The first-order valence-electron chi connectivity index (χ1n) is 6.87. The molecule has 0 unspecified atom stereocenters. The van der Waals surface area contributed by atoms with Crippen LogP contribution < -0.4 is 0 Å². The van der Waals surface area contributed by atoms with Crippen molar-refractivity contribution in [3.05, 3.63) is 27.7 Å². The number of aliphatic hydroxyl groups is 1. The maximum Gasteiger partial charge on any atom is 0.243 e.